The number of furan rings is 1. The molecule has 108 valence electrons. The lowest BCUT2D eigenvalue weighted by molar-refractivity contribution is 0.440. The summed E-state index contributed by atoms with van der Waals surface area (Å²) in [6, 6.07) is 4.86. The molecular formula is C13H13F2NO3S. The Labute approximate surface area is 115 Å². The normalized spacial score (nSPS) is 13.4. The minimum Gasteiger partial charge on any atom is -0.465 e. The molecule has 2 rings (SSSR count). The monoisotopic (exact) mass is 301 g/mol. The predicted octanol–water partition coefficient (Wildman–Crippen LogP) is 2.91. The minimum atomic E-state index is -4.18. The Kier molecular flexibility index (Phi) is 3.92. The van der Waals surface area contributed by atoms with Crippen molar-refractivity contribution in [2.75, 3.05) is 0 Å². The van der Waals surface area contributed by atoms with E-state index in [4.69, 9.17) is 4.42 Å². The van der Waals surface area contributed by atoms with Crippen molar-refractivity contribution in [3.05, 3.63) is 53.5 Å². The average Bonchev–Trinajstić information content (AvgIpc) is 2.78. The van der Waals surface area contributed by atoms with Gasteiger partial charge in [0.25, 0.3) is 0 Å². The van der Waals surface area contributed by atoms with Gasteiger partial charge in [0.2, 0.25) is 10.0 Å². The fourth-order valence-corrected chi connectivity index (χ4v) is 3.02. The van der Waals surface area contributed by atoms with Crippen LogP contribution in [0.25, 0.3) is 0 Å². The van der Waals surface area contributed by atoms with E-state index >= 15 is 0 Å². The van der Waals surface area contributed by atoms with Crippen LogP contribution in [0.4, 0.5) is 8.78 Å². The van der Waals surface area contributed by atoms with E-state index in [2.05, 4.69) is 4.72 Å². The van der Waals surface area contributed by atoms with Crippen LogP contribution in [0.15, 0.2) is 39.6 Å². The second-order valence-electron chi connectivity index (χ2n) is 4.37. The Morgan fingerprint density at radius 1 is 1.20 bits per heavy atom. The molecule has 0 radical (unpaired) electrons. The fraction of sp³-hybridized carbons (Fsp3) is 0.231. The van der Waals surface area contributed by atoms with Crippen molar-refractivity contribution >= 4 is 10.0 Å². The number of sulfonamides is 1. The van der Waals surface area contributed by atoms with Gasteiger partial charge in [0.05, 0.1) is 6.04 Å². The van der Waals surface area contributed by atoms with Crippen molar-refractivity contribution < 1.29 is 21.6 Å². The topological polar surface area (TPSA) is 59.3 Å². The predicted molar refractivity (Wildman–Crippen MR) is 68.5 cm³/mol. The number of halogens is 2. The molecule has 0 aliphatic carbocycles. The molecule has 0 saturated carbocycles. The van der Waals surface area contributed by atoms with Crippen molar-refractivity contribution in [2.45, 2.75) is 24.8 Å². The minimum absolute atomic E-state index is 0.392. The van der Waals surface area contributed by atoms with Crippen molar-refractivity contribution in [3.8, 4) is 0 Å². The van der Waals surface area contributed by atoms with Crippen molar-refractivity contribution in [3.63, 3.8) is 0 Å². The zero-order valence-electron chi connectivity index (χ0n) is 10.9. The zero-order valence-corrected chi connectivity index (χ0v) is 11.7. The van der Waals surface area contributed by atoms with Crippen LogP contribution in [-0.4, -0.2) is 8.42 Å². The van der Waals surface area contributed by atoms with Gasteiger partial charge < -0.3 is 4.42 Å². The smallest absolute Gasteiger partial charge is 0.244 e. The molecule has 1 aromatic heterocycles. The maximum atomic E-state index is 13.5. The molecular weight excluding hydrogens is 288 g/mol. The largest absolute Gasteiger partial charge is 0.465 e. The van der Waals surface area contributed by atoms with Crippen LogP contribution in [0.5, 0.6) is 0 Å². The van der Waals surface area contributed by atoms with Gasteiger partial charge in [-0.1, -0.05) is 0 Å². The maximum Gasteiger partial charge on any atom is 0.244 e. The molecule has 0 aliphatic heterocycles. The lowest BCUT2D eigenvalue weighted by atomic mass is 10.3. The van der Waals surface area contributed by atoms with Gasteiger partial charge in [-0.2, -0.15) is 0 Å². The Morgan fingerprint density at radius 2 is 1.90 bits per heavy atom. The summed E-state index contributed by atoms with van der Waals surface area (Å²) in [5.74, 6) is -0.819. The van der Waals surface area contributed by atoms with Gasteiger partial charge in [0, 0.05) is 0 Å². The Morgan fingerprint density at radius 3 is 2.50 bits per heavy atom. The molecule has 4 nitrogen and oxygen atoms in total. The highest BCUT2D eigenvalue weighted by Gasteiger charge is 2.23. The number of hydrogen-bond donors (Lipinski definition) is 1. The highest BCUT2D eigenvalue weighted by atomic mass is 32.2. The molecule has 1 aromatic carbocycles. The van der Waals surface area contributed by atoms with Gasteiger partial charge in [-0.15, -0.1) is 0 Å². The van der Waals surface area contributed by atoms with Crippen molar-refractivity contribution in [1.82, 2.24) is 4.72 Å². The van der Waals surface area contributed by atoms with Crippen LogP contribution in [0.1, 0.15) is 24.5 Å². The molecule has 7 heteroatoms. The van der Waals surface area contributed by atoms with E-state index in [0.717, 1.165) is 12.1 Å². The molecule has 0 aliphatic rings. The first-order valence-corrected chi connectivity index (χ1v) is 7.31. The van der Waals surface area contributed by atoms with Gasteiger partial charge in [-0.25, -0.2) is 21.9 Å². The van der Waals surface area contributed by atoms with Crippen LogP contribution in [0.3, 0.4) is 0 Å². The lowest BCUT2D eigenvalue weighted by Crippen LogP contribution is -2.27. The standard InChI is InChI=1S/C13H13F2NO3S/c1-8-3-6-12(19-8)9(2)16-20(17,18)13-7-10(14)4-5-11(13)15/h3-7,9,16H,1-2H3/t9-/m1/s1. The van der Waals surface area contributed by atoms with Gasteiger partial charge in [-0.3, -0.25) is 0 Å². The highest BCUT2D eigenvalue weighted by Crippen LogP contribution is 2.21. The van der Waals surface area contributed by atoms with E-state index in [0.29, 0.717) is 17.6 Å². The summed E-state index contributed by atoms with van der Waals surface area (Å²) in [6.45, 7) is 3.27. The van der Waals surface area contributed by atoms with Crippen LogP contribution < -0.4 is 4.72 Å². The molecule has 0 saturated heterocycles. The first kappa shape index (κ1) is 14.7. The molecule has 0 bridgehead atoms. The van der Waals surface area contributed by atoms with Crippen LogP contribution >= 0.6 is 0 Å². The third kappa shape index (κ3) is 3.05. The van der Waals surface area contributed by atoms with Crippen LogP contribution in [0, 0.1) is 18.6 Å². The third-order valence-corrected chi connectivity index (χ3v) is 4.26. The molecule has 0 spiro atoms. The number of aryl methyl sites for hydroxylation is 1. The number of hydrogen-bond acceptors (Lipinski definition) is 3. The Hall–Kier alpha value is -1.73. The van der Waals surface area contributed by atoms with E-state index in [9.17, 15) is 17.2 Å². The summed E-state index contributed by atoms with van der Waals surface area (Å²) in [6.07, 6.45) is 0. The number of nitrogens with one attached hydrogen (secondary N) is 1. The highest BCUT2D eigenvalue weighted by molar-refractivity contribution is 7.89. The first-order chi connectivity index (χ1) is 9.29. The number of rotatable bonds is 4. The molecule has 20 heavy (non-hydrogen) atoms. The van der Waals surface area contributed by atoms with E-state index in [-0.39, 0.29) is 0 Å². The Bertz CT molecular complexity index is 725. The summed E-state index contributed by atoms with van der Waals surface area (Å²) in [7, 11) is -4.18. The van der Waals surface area contributed by atoms with Gasteiger partial charge in [0.1, 0.15) is 28.1 Å². The zero-order chi connectivity index (χ0) is 14.9. The van der Waals surface area contributed by atoms with Crippen molar-refractivity contribution in [2.24, 2.45) is 0 Å². The van der Waals surface area contributed by atoms with E-state index in [1.807, 2.05) is 0 Å². The summed E-state index contributed by atoms with van der Waals surface area (Å²) in [5.41, 5.74) is 0. The van der Waals surface area contributed by atoms with Crippen molar-refractivity contribution in [1.29, 1.82) is 0 Å². The molecule has 2 aromatic rings. The van der Waals surface area contributed by atoms with E-state index in [1.54, 1.807) is 26.0 Å². The maximum absolute atomic E-state index is 13.5. The molecule has 1 heterocycles. The second kappa shape index (κ2) is 5.34. The molecule has 1 N–H and O–H groups in total. The van der Waals surface area contributed by atoms with Gasteiger partial charge >= 0.3 is 0 Å². The van der Waals surface area contributed by atoms with E-state index < -0.39 is 32.6 Å². The SMILES string of the molecule is Cc1ccc([C@@H](C)NS(=O)(=O)c2cc(F)ccc2F)o1. The summed E-state index contributed by atoms with van der Waals surface area (Å²) < 4.78 is 58.2. The van der Waals surface area contributed by atoms with Gasteiger partial charge in [0.15, 0.2) is 0 Å². The quantitative estimate of drug-likeness (QED) is 0.944. The molecule has 0 unspecified atom stereocenters. The summed E-state index contributed by atoms with van der Waals surface area (Å²) in [4.78, 5) is -0.729. The third-order valence-electron chi connectivity index (χ3n) is 2.70. The molecule has 0 fully saturated rings. The van der Waals surface area contributed by atoms with Crippen LogP contribution in [0.2, 0.25) is 0 Å². The molecule has 0 amide bonds. The average molecular weight is 301 g/mol. The van der Waals surface area contributed by atoms with Crippen LogP contribution in [-0.2, 0) is 10.0 Å². The van der Waals surface area contributed by atoms with Gasteiger partial charge in [-0.05, 0) is 44.2 Å². The first-order valence-electron chi connectivity index (χ1n) is 5.83. The summed E-state index contributed by atoms with van der Waals surface area (Å²) >= 11 is 0. The Balaban J connectivity index is 2.29. The lowest BCUT2D eigenvalue weighted by Gasteiger charge is -2.12. The second-order valence-corrected chi connectivity index (χ2v) is 6.05. The fourth-order valence-electron chi connectivity index (χ4n) is 1.72. The summed E-state index contributed by atoms with van der Waals surface area (Å²) in [5, 5.41) is 0. The van der Waals surface area contributed by atoms with E-state index in [1.165, 1.54) is 0 Å². The number of benzene rings is 1. The molecule has 1 atom stereocenters.